The summed E-state index contributed by atoms with van der Waals surface area (Å²) in [6, 6.07) is 9.46. The molecule has 0 aliphatic heterocycles. The van der Waals surface area contributed by atoms with E-state index < -0.39 is 4.33 Å². The van der Waals surface area contributed by atoms with Gasteiger partial charge in [0.25, 0.3) is 0 Å². The Morgan fingerprint density at radius 3 is 2.30 bits per heavy atom. The predicted molar refractivity (Wildman–Crippen MR) is 93.2 cm³/mol. The quantitative estimate of drug-likeness (QED) is 0.643. The summed E-state index contributed by atoms with van der Waals surface area (Å²) >= 11 is 13.3. The number of alkyl halides is 2. The van der Waals surface area contributed by atoms with Crippen molar-refractivity contribution in [3.8, 4) is 0 Å². The molecule has 1 heterocycles. The van der Waals surface area contributed by atoms with Gasteiger partial charge in [-0.15, -0.1) is 23.2 Å². The van der Waals surface area contributed by atoms with Gasteiger partial charge in [-0.25, -0.2) is 9.97 Å². The van der Waals surface area contributed by atoms with Crippen molar-refractivity contribution >= 4 is 46.6 Å². The minimum Gasteiger partial charge on any atom is -0.326 e. The van der Waals surface area contributed by atoms with Gasteiger partial charge in [-0.2, -0.15) is 0 Å². The van der Waals surface area contributed by atoms with E-state index in [0.29, 0.717) is 11.6 Å². The van der Waals surface area contributed by atoms with Gasteiger partial charge in [0.1, 0.15) is 4.33 Å². The zero-order chi connectivity index (χ0) is 16.6. The molecule has 23 heavy (non-hydrogen) atoms. The predicted octanol–water partition coefficient (Wildman–Crippen LogP) is 4.38. The number of anilines is 1. The number of hydrogen-bond acceptors (Lipinski definition) is 4. The van der Waals surface area contributed by atoms with E-state index in [-0.39, 0.29) is 11.8 Å². The van der Waals surface area contributed by atoms with Gasteiger partial charge in [-0.3, -0.25) is 4.79 Å². The molecule has 0 saturated heterocycles. The highest BCUT2D eigenvalue weighted by atomic mass is 35.5. The number of nitrogens with zero attached hydrogens (tertiary/aromatic N) is 2. The number of nitrogens with one attached hydrogen (secondary N) is 1. The van der Waals surface area contributed by atoms with Gasteiger partial charge in [0, 0.05) is 22.0 Å². The van der Waals surface area contributed by atoms with Crippen LogP contribution in [0.25, 0.3) is 0 Å². The molecule has 1 aliphatic rings. The van der Waals surface area contributed by atoms with E-state index in [1.54, 1.807) is 0 Å². The van der Waals surface area contributed by atoms with E-state index in [4.69, 9.17) is 23.2 Å². The third kappa shape index (κ3) is 4.16. The summed E-state index contributed by atoms with van der Waals surface area (Å²) in [5, 5.41) is 3.53. The van der Waals surface area contributed by atoms with Gasteiger partial charge in [-0.1, -0.05) is 0 Å². The maximum atomic E-state index is 11.9. The van der Waals surface area contributed by atoms with Crippen LogP contribution in [0.4, 0.5) is 5.69 Å². The molecular weight excluding hydrogens is 353 g/mol. The van der Waals surface area contributed by atoms with Crippen LogP contribution in [0.1, 0.15) is 17.8 Å². The topological polar surface area (TPSA) is 54.9 Å². The molecule has 1 saturated carbocycles. The Hall–Kier alpha value is -1.30. The van der Waals surface area contributed by atoms with Gasteiger partial charge in [0.15, 0.2) is 5.16 Å². The fourth-order valence-electron chi connectivity index (χ4n) is 2.18. The lowest BCUT2D eigenvalue weighted by Crippen LogP contribution is -2.16. The van der Waals surface area contributed by atoms with Crippen molar-refractivity contribution in [3.05, 3.63) is 41.7 Å². The summed E-state index contributed by atoms with van der Waals surface area (Å²) in [4.78, 5) is 21.7. The molecule has 1 atom stereocenters. The van der Waals surface area contributed by atoms with Crippen LogP contribution in [-0.4, -0.2) is 20.2 Å². The van der Waals surface area contributed by atoms with E-state index in [0.717, 1.165) is 22.0 Å². The summed E-state index contributed by atoms with van der Waals surface area (Å²) in [5.41, 5.74) is 2.61. The Morgan fingerprint density at radius 2 is 1.78 bits per heavy atom. The summed E-state index contributed by atoms with van der Waals surface area (Å²) in [6.45, 7) is 3.89. The highest BCUT2D eigenvalue weighted by Gasteiger charge is 2.56. The molecule has 1 N–H and O–H groups in total. The first kappa shape index (κ1) is 16.6. The highest BCUT2D eigenvalue weighted by Crippen LogP contribution is 2.53. The van der Waals surface area contributed by atoms with E-state index in [1.165, 1.54) is 11.8 Å². The monoisotopic (exact) mass is 367 g/mol. The Bertz CT molecular complexity index is 729. The number of aromatic nitrogens is 2. The molecule has 1 aromatic heterocycles. The van der Waals surface area contributed by atoms with Crippen molar-refractivity contribution in [2.45, 2.75) is 34.7 Å². The number of amides is 1. The van der Waals surface area contributed by atoms with Gasteiger partial charge in [0.05, 0.1) is 5.92 Å². The van der Waals surface area contributed by atoms with Crippen molar-refractivity contribution in [1.82, 2.24) is 9.97 Å². The molecule has 1 aromatic carbocycles. The molecular formula is C16H15Cl2N3OS. The molecule has 120 valence electrons. The van der Waals surface area contributed by atoms with Crippen LogP contribution in [0, 0.1) is 19.8 Å². The van der Waals surface area contributed by atoms with E-state index in [9.17, 15) is 4.79 Å². The summed E-state index contributed by atoms with van der Waals surface area (Å²) < 4.78 is -0.903. The van der Waals surface area contributed by atoms with Gasteiger partial charge in [-0.05, 0) is 62.4 Å². The average molecular weight is 368 g/mol. The molecule has 1 fully saturated rings. The lowest BCUT2D eigenvalue weighted by molar-refractivity contribution is -0.117. The smallest absolute Gasteiger partial charge is 0.230 e. The van der Waals surface area contributed by atoms with Gasteiger partial charge in [0.2, 0.25) is 5.91 Å². The van der Waals surface area contributed by atoms with Crippen LogP contribution >= 0.6 is 35.0 Å². The van der Waals surface area contributed by atoms with Gasteiger partial charge < -0.3 is 5.32 Å². The summed E-state index contributed by atoms with van der Waals surface area (Å²) in [6.07, 6.45) is 0.500. The van der Waals surface area contributed by atoms with Crippen molar-refractivity contribution in [3.63, 3.8) is 0 Å². The second-order valence-corrected chi connectivity index (χ2v) is 8.15. The minimum atomic E-state index is -0.903. The zero-order valence-corrected chi connectivity index (χ0v) is 15.0. The standard InChI is InChI=1S/C16H15Cl2N3OS/c1-9-7-10(2)20-15(19-9)23-12-5-3-11(4-6-12)21-14(22)13-8-16(13,17)18/h3-7,13H,8H2,1-2H3,(H,21,22). The molecule has 2 aromatic rings. The maximum absolute atomic E-state index is 11.9. The second-order valence-electron chi connectivity index (χ2n) is 5.57. The first-order valence-corrected chi connectivity index (χ1v) is 8.70. The first-order chi connectivity index (χ1) is 10.8. The molecule has 7 heteroatoms. The van der Waals surface area contributed by atoms with Crippen LogP contribution in [0.5, 0.6) is 0 Å². The van der Waals surface area contributed by atoms with Crippen LogP contribution < -0.4 is 5.32 Å². The average Bonchev–Trinajstić information content (AvgIpc) is 3.09. The van der Waals surface area contributed by atoms with Gasteiger partial charge >= 0.3 is 0 Å². The Kier molecular flexibility index (Phi) is 4.54. The number of carbonyl (C=O) groups is 1. The lowest BCUT2D eigenvalue weighted by Gasteiger charge is -2.07. The van der Waals surface area contributed by atoms with Crippen LogP contribution in [0.2, 0.25) is 0 Å². The normalized spacial score (nSPS) is 18.5. The number of aryl methyl sites for hydroxylation is 2. The molecule has 4 nitrogen and oxygen atoms in total. The Balaban J connectivity index is 1.64. The summed E-state index contributed by atoms with van der Waals surface area (Å²) in [7, 11) is 0. The van der Waals surface area contributed by atoms with E-state index in [1.807, 2.05) is 44.2 Å². The number of benzene rings is 1. The Morgan fingerprint density at radius 1 is 1.22 bits per heavy atom. The van der Waals surface area contributed by atoms with E-state index >= 15 is 0 Å². The largest absolute Gasteiger partial charge is 0.326 e. The molecule has 1 amide bonds. The van der Waals surface area contributed by atoms with Crippen molar-refractivity contribution in [2.75, 3.05) is 5.32 Å². The fraction of sp³-hybridized carbons (Fsp3) is 0.312. The molecule has 0 bridgehead atoms. The third-order valence-corrected chi connectivity index (χ3v) is 5.14. The number of hydrogen-bond donors (Lipinski definition) is 1. The molecule has 1 aliphatic carbocycles. The van der Waals surface area contributed by atoms with Crippen molar-refractivity contribution < 1.29 is 4.79 Å². The number of rotatable bonds is 4. The van der Waals surface area contributed by atoms with Crippen LogP contribution in [0.3, 0.4) is 0 Å². The third-order valence-electron chi connectivity index (χ3n) is 3.44. The van der Waals surface area contributed by atoms with E-state index in [2.05, 4.69) is 15.3 Å². The first-order valence-electron chi connectivity index (χ1n) is 7.12. The fourth-order valence-corrected chi connectivity index (χ4v) is 3.55. The molecule has 0 radical (unpaired) electrons. The molecule has 3 rings (SSSR count). The zero-order valence-electron chi connectivity index (χ0n) is 12.6. The molecule has 0 spiro atoms. The molecule has 1 unspecified atom stereocenters. The second kappa shape index (κ2) is 6.30. The SMILES string of the molecule is Cc1cc(C)nc(Sc2ccc(NC(=O)C3CC3(Cl)Cl)cc2)n1. The minimum absolute atomic E-state index is 0.145. The lowest BCUT2D eigenvalue weighted by atomic mass is 10.3. The number of carbonyl (C=O) groups excluding carboxylic acids is 1. The van der Waals surface area contributed by atoms with Crippen molar-refractivity contribution in [2.24, 2.45) is 5.92 Å². The highest BCUT2D eigenvalue weighted by molar-refractivity contribution is 7.99. The van der Waals surface area contributed by atoms with Crippen LogP contribution in [-0.2, 0) is 4.79 Å². The Labute approximate surface area is 149 Å². The van der Waals surface area contributed by atoms with Crippen LogP contribution in [0.15, 0.2) is 40.4 Å². The van der Waals surface area contributed by atoms with Crippen molar-refractivity contribution in [1.29, 1.82) is 0 Å². The number of halogens is 2. The maximum Gasteiger partial charge on any atom is 0.230 e. The summed E-state index contributed by atoms with van der Waals surface area (Å²) in [5.74, 6) is -0.475.